The van der Waals surface area contributed by atoms with Gasteiger partial charge in [-0.15, -0.1) is 0 Å². The maximum absolute atomic E-state index is 13.2. The van der Waals surface area contributed by atoms with Crippen molar-refractivity contribution in [3.05, 3.63) is 29.8 Å². The summed E-state index contributed by atoms with van der Waals surface area (Å²) in [6.07, 6.45) is 2.68. The van der Waals surface area contributed by atoms with Crippen LogP contribution < -0.4 is 5.32 Å². The highest BCUT2D eigenvalue weighted by molar-refractivity contribution is 7.89. The van der Waals surface area contributed by atoms with E-state index < -0.39 is 26.7 Å². The quantitative estimate of drug-likeness (QED) is 0.750. The van der Waals surface area contributed by atoms with Gasteiger partial charge in [0.1, 0.15) is 0 Å². The predicted molar refractivity (Wildman–Crippen MR) is 102 cm³/mol. The summed E-state index contributed by atoms with van der Waals surface area (Å²) in [7, 11) is -4.13. The molecular weight excluding hydrogens is 389 g/mol. The Balaban J connectivity index is 1.54. The minimum absolute atomic E-state index is 0.298. The molecule has 2 fully saturated rings. The van der Waals surface area contributed by atoms with E-state index in [1.54, 1.807) is 0 Å². The topological polar surface area (TPSA) is 49.4 Å². The fourth-order valence-corrected chi connectivity index (χ4v) is 6.05. The van der Waals surface area contributed by atoms with Gasteiger partial charge in [0, 0.05) is 13.1 Å². The second-order valence-electron chi connectivity index (χ2n) is 7.97. The zero-order chi connectivity index (χ0) is 20.2. The Morgan fingerprint density at radius 2 is 1.54 bits per heavy atom. The molecule has 3 rings (SSSR count). The van der Waals surface area contributed by atoms with Gasteiger partial charge in [-0.05, 0) is 62.7 Å². The molecule has 2 saturated heterocycles. The van der Waals surface area contributed by atoms with Crippen LogP contribution in [0.15, 0.2) is 29.2 Å². The number of halogens is 3. The second kappa shape index (κ2) is 9.13. The number of benzene rings is 1. The molecule has 28 heavy (non-hydrogen) atoms. The molecule has 0 amide bonds. The Morgan fingerprint density at radius 1 is 0.964 bits per heavy atom. The van der Waals surface area contributed by atoms with Crippen molar-refractivity contribution in [2.45, 2.75) is 56.0 Å². The Labute approximate surface area is 165 Å². The van der Waals surface area contributed by atoms with E-state index in [0.29, 0.717) is 19.0 Å². The van der Waals surface area contributed by atoms with Crippen LogP contribution in [0.4, 0.5) is 13.2 Å². The standard InChI is InChI=1S/C20H29F3N2O2S/c21-20(22,23)18-6-1-2-7-19(18)28(26,27)25-14-10-17(11-15-25)5-3-4-16-8-12-24-13-9-16/h1-2,6-7,16-17,24H,3-5,8-15H2. The molecule has 4 nitrogen and oxygen atoms in total. The zero-order valence-electron chi connectivity index (χ0n) is 16.0. The molecule has 0 aromatic heterocycles. The van der Waals surface area contributed by atoms with Gasteiger partial charge in [0.2, 0.25) is 10.0 Å². The number of rotatable bonds is 6. The normalized spacial score (nSPS) is 21.1. The molecule has 0 bridgehead atoms. The SMILES string of the molecule is O=S(=O)(c1ccccc1C(F)(F)F)N1CCC(CCCC2CCNCC2)CC1. The van der Waals surface area contributed by atoms with Crippen molar-refractivity contribution >= 4 is 10.0 Å². The number of nitrogens with one attached hydrogen (secondary N) is 1. The summed E-state index contributed by atoms with van der Waals surface area (Å²) in [4.78, 5) is -0.633. The third kappa shape index (κ3) is 5.27. The number of nitrogens with zero attached hydrogens (tertiary/aromatic N) is 1. The summed E-state index contributed by atoms with van der Waals surface area (Å²) < 4.78 is 66.5. The van der Waals surface area contributed by atoms with Gasteiger partial charge >= 0.3 is 6.18 Å². The Kier molecular flexibility index (Phi) is 7.04. The molecule has 2 heterocycles. The monoisotopic (exact) mass is 418 g/mol. The lowest BCUT2D eigenvalue weighted by Crippen LogP contribution is -2.39. The largest absolute Gasteiger partial charge is 0.417 e. The molecule has 1 aromatic carbocycles. The maximum Gasteiger partial charge on any atom is 0.417 e. The van der Waals surface area contributed by atoms with Crippen LogP contribution in [-0.4, -0.2) is 38.9 Å². The number of hydrogen-bond acceptors (Lipinski definition) is 3. The van der Waals surface area contributed by atoms with Crippen LogP contribution in [0.2, 0.25) is 0 Å². The lowest BCUT2D eigenvalue weighted by molar-refractivity contribution is -0.139. The average molecular weight is 419 g/mol. The van der Waals surface area contributed by atoms with Gasteiger partial charge in [-0.25, -0.2) is 8.42 Å². The van der Waals surface area contributed by atoms with Crippen molar-refractivity contribution in [3.63, 3.8) is 0 Å². The lowest BCUT2D eigenvalue weighted by atomic mass is 9.87. The molecule has 0 aliphatic carbocycles. The minimum Gasteiger partial charge on any atom is -0.317 e. The zero-order valence-corrected chi connectivity index (χ0v) is 16.9. The summed E-state index contributed by atoms with van der Waals surface area (Å²) in [6.45, 7) is 2.79. The molecule has 0 radical (unpaired) electrons. The summed E-state index contributed by atoms with van der Waals surface area (Å²) in [5.41, 5.74) is -1.08. The second-order valence-corrected chi connectivity index (χ2v) is 9.87. The van der Waals surface area contributed by atoms with Gasteiger partial charge in [-0.2, -0.15) is 17.5 Å². The number of hydrogen-bond donors (Lipinski definition) is 1. The highest BCUT2D eigenvalue weighted by Crippen LogP contribution is 2.36. The number of alkyl halides is 3. The van der Waals surface area contributed by atoms with E-state index in [9.17, 15) is 21.6 Å². The van der Waals surface area contributed by atoms with Crippen molar-refractivity contribution in [2.24, 2.45) is 11.8 Å². The van der Waals surface area contributed by atoms with E-state index in [1.165, 1.54) is 35.7 Å². The molecular formula is C20H29F3N2O2S. The fourth-order valence-electron chi connectivity index (χ4n) is 4.37. The van der Waals surface area contributed by atoms with Crippen LogP contribution >= 0.6 is 0 Å². The minimum atomic E-state index is -4.68. The van der Waals surface area contributed by atoms with E-state index in [-0.39, 0.29) is 0 Å². The molecule has 0 atom stereocenters. The molecule has 1 N–H and O–H groups in total. The molecule has 1 aromatic rings. The third-order valence-corrected chi connectivity index (χ3v) is 8.02. The molecule has 0 spiro atoms. The summed E-state index contributed by atoms with van der Waals surface area (Å²) >= 11 is 0. The van der Waals surface area contributed by atoms with Crippen molar-refractivity contribution in [2.75, 3.05) is 26.2 Å². The van der Waals surface area contributed by atoms with Crippen molar-refractivity contribution in [1.29, 1.82) is 0 Å². The lowest BCUT2D eigenvalue weighted by Gasteiger charge is -2.32. The number of piperidine rings is 2. The van der Waals surface area contributed by atoms with Gasteiger partial charge in [-0.1, -0.05) is 31.4 Å². The van der Waals surface area contributed by atoms with Gasteiger partial charge in [-0.3, -0.25) is 0 Å². The highest BCUT2D eigenvalue weighted by atomic mass is 32.2. The van der Waals surface area contributed by atoms with E-state index in [2.05, 4.69) is 5.32 Å². The smallest absolute Gasteiger partial charge is 0.317 e. The van der Waals surface area contributed by atoms with Crippen LogP contribution in [0.3, 0.4) is 0 Å². The van der Waals surface area contributed by atoms with Crippen LogP contribution in [0, 0.1) is 11.8 Å². The van der Waals surface area contributed by atoms with Crippen LogP contribution in [-0.2, 0) is 16.2 Å². The fraction of sp³-hybridized carbons (Fsp3) is 0.700. The molecule has 0 unspecified atom stereocenters. The average Bonchev–Trinajstić information content (AvgIpc) is 2.69. The molecule has 2 aliphatic heterocycles. The predicted octanol–water partition coefficient (Wildman–Crippen LogP) is 4.28. The van der Waals surface area contributed by atoms with Crippen molar-refractivity contribution in [3.8, 4) is 0 Å². The first-order valence-corrected chi connectivity index (χ1v) is 11.6. The summed E-state index contributed by atoms with van der Waals surface area (Å²) in [5, 5.41) is 3.37. The summed E-state index contributed by atoms with van der Waals surface area (Å²) in [6, 6.07) is 4.45. The highest BCUT2D eigenvalue weighted by Gasteiger charge is 2.39. The van der Waals surface area contributed by atoms with E-state index in [0.717, 1.165) is 56.8 Å². The van der Waals surface area contributed by atoms with Gasteiger partial charge in [0.25, 0.3) is 0 Å². The molecule has 2 aliphatic rings. The van der Waals surface area contributed by atoms with Gasteiger partial charge in [0.15, 0.2) is 0 Å². The molecule has 0 saturated carbocycles. The molecule has 8 heteroatoms. The first-order valence-electron chi connectivity index (χ1n) is 10.2. The Hall–Kier alpha value is -1.12. The van der Waals surface area contributed by atoms with Gasteiger partial charge in [0.05, 0.1) is 10.5 Å². The van der Waals surface area contributed by atoms with E-state index in [1.807, 2.05) is 0 Å². The van der Waals surface area contributed by atoms with Crippen LogP contribution in [0.25, 0.3) is 0 Å². The maximum atomic E-state index is 13.2. The summed E-state index contributed by atoms with van der Waals surface area (Å²) in [5.74, 6) is 1.26. The Morgan fingerprint density at radius 3 is 2.14 bits per heavy atom. The van der Waals surface area contributed by atoms with Crippen molar-refractivity contribution < 1.29 is 21.6 Å². The van der Waals surface area contributed by atoms with Gasteiger partial charge < -0.3 is 5.32 Å². The molecule has 158 valence electrons. The van der Waals surface area contributed by atoms with Crippen molar-refractivity contribution in [1.82, 2.24) is 9.62 Å². The third-order valence-electron chi connectivity index (χ3n) is 6.07. The van der Waals surface area contributed by atoms with E-state index >= 15 is 0 Å². The van der Waals surface area contributed by atoms with E-state index in [4.69, 9.17) is 0 Å². The van der Waals surface area contributed by atoms with Crippen LogP contribution in [0.1, 0.15) is 50.5 Å². The number of sulfonamides is 1. The first-order chi connectivity index (χ1) is 13.3. The van der Waals surface area contributed by atoms with Crippen LogP contribution in [0.5, 0.6) is 0 Å². The first kappa shape index (κ1) is 21.6. The Bertz CT molecular complexity index is 738.